The summed E-state index contributed by atoms with van der Waals surface area (Å²) in [5, 5.41) is 3.82. The number of anilines is 3. The van der Waals surface area contributed by atoms with E-state index >= 15 is 0 Å². The van der Waals surface area contributed by atoms with Crippen molar-refractivity contribution >= 4 is 79.6 Å². The molecule has 0 saturated heterocycles. The molecule has 0 radical (unpaired) electrons. The van der Waals surface area contributed by atoms with Crippen LogP contribution in [0.1, 0.15) is 23.5 Å². The van der Waals surface area contributed by atoms with Crippen LogP contribution in [0.2, 0.25) is 0 Å². The predicted molar refractivity (Wildman–Crippen MR) is 112 cm³/mol. The first-order valence-corrected chi connectivity index (χ1v) is 8.92. The monoisotopic (exact) mass is 419 g/mol. The Hall–Kier alpha value is -1.61. The van der Waals surface area contributed by atoms with Crippen molar-refractivity contribution in [2.24, 2.45) is 0 Å². The maximum Gasteiger partial charge on any atom is 0.265 e. The highest BCUT2D eigenvalue weighted by Crippen LogP contribution is 2.34. The zero-order valence-corrected chi connectivity index (χ0v) is 16.9. The molecule has 25 heavy (non-hydrogen) atoms. The van der Waals surface area contributed by atoms with E-state index in [0.29, 0.717) is 16.4 Å². The molecule has 0 unspecified atom stereocenters. The lowest BCUT2D eigenvalue weighted by molar-refractivity contribution is 0.103. The van der Waals surface area contributed by atoms with Crippen LogP contribution in [0.5, 0.6) is 0 Å². The second-order valence-electron chi connectivity index (χ2n) is 4.87. The number of nitrogen functional groups attached to an aromatic ring is 1. The number of fused-ring (bicyclic) bond motifs is 1. The fraction of sp³-hybridized carbons (Fsp3) is 0.267. The van der Waals surface area contributed by atoms with Crippen LogP contribution in [0.4, 0.5) is 16.6 Å². The fourth-order valence-electron chi connectivity index (χ4n) is 2.14. The van der Waals surface area contributed by atoms with Crippen LogP contribution in [-0.4, -0.2) is 29.0 Å². The van der Waals surface area contributed by atoms with Gasteiger partial charge in [-0.25, -0.2) is 9.97 Å². The molecule has 6 nitrogen and oxygen atoms in total. The van der Waals surface area contributed by atoms with Crippen molar-refractivity contribution in [1.82, 2.24) is 9.97 Å². The topological polar surface area (TPSA) is 84.1 Å². The first-order chi connectivity index (χ1) is 11.1. The summed E-state index contributed by atoms with van der Waals surface area (Å²) in [5.74, 6) is 0.268. The zero-order chi connectivity index (χ0) is 16.4. The van der Waals surface area contributed by atoms with Crippen molar-refractivity contribution < 1.29 is 4.79 Å². The van der Waals surface area contributed by atoms with Crippen LogP contribution in [-0.2, 0) is 0 Å². The average molecular weight is 420 g/mol. The summed E-state index contributed by atoms with van der Waals surface area (Å²) in [6.07, 6.45) is 1.54. The van der Waals surface area contributed by atoms with E-state index in [1.807, 2.05) is 6.07 Å². The Balaban J connectivity index is 0.00000156. The number of nitrogens with two attached hydrogens (primary N) is 1. The highest BCUT2D eigenvalue weighted by molar-refractivity contribution is 7.29. The fourth-order valence-corrected chi connectivity index (χ4v) is 4.37. The molecule has 3 rings (SSSR count). The first-order valence-electron chi connectivity index (χ1n) is 7.29. The number of hydrogen-bond acceptors (Lipinski definition) is 7. The Morgan fingerprint density at radius 2 is 1.96 bits per heavy atom. The number of aromatic nitrogens is 2. The number of thiazole rings is 1. The second kappa shape index (κ2) is 9.19. The van der Waals surface area contributed by atoms with E-state index in [1.54, 1.807) is 29.7 Å². The van der Waals surface area contributed by atoms with E-state index in [2.05, 4.69) is 34.0 Å². The average Bonchev–Trinajstić information content (AvgIpc) is 3.10. The molecule has 0 bridgehead atoms. The lowest BCUT2D eigenvalue weighted by Crippen LogP contribution is -2.21. The largest absolute Gasteiger partial charge is 0.384 e. The minimum absolute atomic E-state index is 0. The molecule has 1 amide bonds. The minimum Gasteiger partial charge on any atom is -0.384 e. The quantitative estimate of drug-likeness (QED) is 0.644. The molecule has 3 aromatic rings. The van der Waals surface area contributed by atoms with E-state index in [9.17, 15) is 4.79 Å². The molecule has 0 aromatic carbocycles. The lowest BCUT2D eigenvalue weighted by atomic mass is 10.3. The molecule has 0 aliphatic heterocycles. The first kappa shape index (κ1) is 21.4. The summed E-state index contributed by atoms with van der Waals surface area (Å²) >= 11 is 3.02. The second-order valence-corrected chi connectivity index (χ2v) is 6.91. The lowest BCUT2D eigenvalue weighted by Gasteiger charge is -2.16. The Labute approximate surface area is 166 Å². The van der Waals surface area contributed by atoms with Gasteiger partial charge in [0.05, 0.1) is 21.5 Å². The molecule has 0 atom stereocenters. The smallest absolute Gasteiger partial charge is 0.265 e. The SMILES string of the molecule is CCN(CC)c1nc2sc(C(=O)Nc3ccc(N)nc3)cc2s1.Cl.Cl. The summed E-state index contributed by atoms with van der Waals surface area (Å²) < 4.78 is 1.04. The van der Waals surface area contributed by atoms with E-state index < -0.39 is 0 Å². The van der Waals surface area contributed by atoms with Gasteiger partial charge in [0, 0.05) is 13.1 Å². The van der Waals surface area contributed by atoms with Crippen LogP contribution in [0, 0.1) is 0 Å². The molecular weight excluding hydrogens is 401 g/mol. The normalized spacial score (nSPS) is 10.0. The van der Waals surface area contributed by atoms with E-state index in [-0.39, 0.29) is 30.7 Å². The third-order valence-corrected chi connectivity index (χ3v) is 5.60. The van der Waals surface area contributed by atoms with Gasteiger partial charge in [-0.3, -0.25) is 4.79 Å². The molecule has 0 saturated carbocycles. The number of halogens is 2. The maximum atomic E-state index is 12.3. The standard InChI is InChI=1S/C15H17N5OS2.2ClH/c1-3-20(4-2)15-19-14-11(23-15)7-10(22-14)13(21)18-9-5-6-12(16)17-8-9;;/h5-8H,3-4H2,1-2H3,(H2,16,17)(H,18,21);2*1H. The van der Waals surface area contributed by atoms with Gasteiger partial charge in [0.15, 0.2) is 5.13 Å². The van der Waals surface area contributed by atoms with Crippen LogP contribution >= 0.6 is 47.5 Å². The van der Waals surface area contributed by atoms with Gasteiger partial charge in [-0.1, -0.05) is 11.3 Å². The number of amides is 1. The number of rotatable bonds is 5. The van der Waals surface area contributed by atoms with Crippen LogP contribution in [0.25, 0.3) is 9.53 Å². The molecule has 0 spiro atoms. The van der Waals surface area contributed by atoms with Gasteiger partial charge in [0.25, 0.3) is 5.91 Å². The van der Waals surface area contributed by atoms with Crippen LogP contribution < -0.4 is 16.0 Å². The van der Waals surface area contributed by atoms with E-state index in [4.69, 9.17) is 5.73 Å². The van der Waals surface area contributed by atoms with Gasteiger partial charge in [-0.15, -0.1) is 36.2 Å². The molecule has 3 aromatic heterocycles. The number of carbonyl (C=O) groups excluding carboxylic acids is 1. The Morgan fingerprint density at radius 1 is 1.24 bits per heavy atom. The van der Waals surface area contributed by atoms with Gasteiger partial charge in [-0.05, 0) is 32.0 Å². The molecule has 136 valence electrons. The third kappa shape index (κ3) is 4.72. The number of hydrogen-bond donors (Lipinski definition) is 2. The summed E-state index contributed by atoms with van der Waals surface area (Å²) in [6, 6.07) is 5.28. The van der Waals surface area contributed by atoms with Crippen molar-refractivity contribution in [1.29, 1.82) is 0 Å². The Bertz CT molecular complexity index is 799. The van der Waals surface area contributed by atoms with E-state index in [1.165, 1.54) is 11.3 Å². The number of pyridine rings is 1. The third-order valence-electron chi connectivity index (χ3n) is 3.38. The summed E-state index contributed by atoms with van der Waals surface area (Å²) in [4.78, 5) is 24.6. The summed E-state index contributed by atoms with van der Waals surface area (Å²) in [5.41, 5.74) is 6.16. The molecule has 3 N–H and O–H groups in total. The molecule has 0 aliphatic rings. The van der Waals surface area contributed by atoms with Crippen molar-refractivity contribution in [3.8, 4) is 0 Å². The van der Waals surface area contributed by atoms with Crippen molar-refractivity contribution in [2.45, 2.75) is 13.8 Å². The maximum absolute atomic E-state index is 12.3. The predicted octanol–water partition coefficient (Wildman–Crippen LogP) is 4.28. The number of nitrogens with zero attached hydrogens (tertiary/aromatic N) is 3. The van der Waals surface area contributed by atoms with Crippen molar-refractivity contribution in [2.75, 3.05) is 29.0 Å². The summed E-state index contributed by atoms with van der Waals surface area (Å²) in [6.45, 7) is 6.07. The Kier molecular flexibility index (Phi) is 7.88. The minimum atomic E-state index is -0.156. The summed E-state index contributed by atoms with van der Waals surface area (Å²) in [7, 11) is 0. The van der Waals surface area contributed by atoms with Gasteiger partial charge in [0.1, 0.15) is 10.6 Å². The van der Waals surface area contributed by atoms with Gasteiger partial charge >= 0.3 is 0 Å². The molecule has 3 heterocycles. The number of thiophene rings is 1. The van der Waals surface area contributed by atoms with Gasteiger partial charge < -0.3 is 16.0 Å². The molecular formula is C15H19Cl2N5OS2. The highest BCUT2D eigenvalue weighted by Gasteiger charge is 2.16. The molecule has 0 fully saturated rings. The van der Waals surface area contributed by atoms with Crippen LogP contribution in [0.3, 0.4) is 0 Å². The van der Waals surface area contributed by atoms with Crippen molar-refractivity contribution in [3.63, 3.8) is 0 Å². The Morgan fingerprint density at radius 3 is 2.52 bits per heavy atom. The van der Waals surface area contributed by atoms with Crippen LogP contribution in [0.15, 0.2) is 24.4 Å². The molecule has 0 aliphatic carbocycles. The van der Waals surface area contributed by atoms with Crippen molar-refractivity contribution in [3.05, 3.63) is 29.3 Å². The number of nitrogens with one attached hydrogen (secondary N) is 1. The van der Waals surface area contributed by atoms with Gasteiger partial charge in [-0.2, -0.15) is 0 Å². The number of carbonyl (C=O) groups is 1. The zero-order valence-electron chi connectivity index (χ0n) is 13.7. The van der Waals surface area contributed by atoms with E-state index in [0.717, 1.165) is 27.8 Å². The highest BCUT2D eigenvalue weighted by atomic mass is 35.5. The molecule has 10 heteroatoms. The van der Waals surface area contributed by atoms with Gasteiger partial charge in [0.2, 0.25) is 0 Å².